The van der Waals surface area contributed by atoms with E-state index in [1.54, 1.807) is 18.2 Å². The third-order valence-electron chi connectivity index (χ3n) is 2.36. The molecule has 4 nitrogen and oxygen atoms in total. The minimum atomic E-state index is -0.421. The molecule has 1 aromatic rings. The van der Waals surface area contributed by atoms with Crippen molar-refractivity contribution in [3.63, 3.8) is 0 Å². The van der Waals surface area contributed by atoms with Crippen molar-refractivity contribution in [1.29, 1.82) is 0 Å². The maximum atomic E-state index is 11.7. The molecule has 5 heteroatoms. The molecule has 0 atom stereocenters. The molecular weight excluding hydrogens is 242 g/mol. The van der Waals surface area contributed by atoms with Crippen LogP contribution in [0.15, 0.2) is 30.4 Å². The molecule has 0 aliphatic heterocycles. The number of rotatable bonds is 2. The van der Waals surface area contributed by atoms with Crippen molar-refractivity contribution in [2.75, 3.05) is 11.2 Å². The van der Waals surface area contributed by atoms with E-state index in [2.05, 4.69) is 5.32 Å². The topological polar surface area (TPSA) is 63.2 Å². The quantitative estimate of drug-likeness (QED) is 0.813. The molecule has 0 bridgehead atoms. The molecule has 0 saturated heterocycles. The van der Waals surface area contributed by atoms with Gasteiger partial charge in [-0.25, -0.2) is 0 Å². The Balaban J connectivity index is 2.50. The van der Waals surface area contributed by atoms with Crippen molar-refractivity contribution in [2.24, 2.45) is 0 Å². The highest BCUT2D eigenvalue weighted by Gasteiger charge is 2.22. The lowest BCUT2D eigenvalue weighted by Crippen LogP contribution is -2.19. The Hall–Kier alpha value is -1.94. The summed E-state index contributed by atoms with van der Waals surface area (Å²) in [6.45, 7) is 0. The largest absolute Gasteiger partial charge is 0.324 e. The zero-order valence-electron chi connectivity index (χ0n) is 8.70. The Bertz CT molecular complexity index is 549. The number of hydrogen-bond donors (Lipinski definition) is 1. The lowest BCUT2D eigenvalue weighted by Gasteiger charge is -2.14. The highest BCUT2D eigenvalue weighted by atomic mass is 35.5. The first-order valence-electron chi connectivity index (χ1n) is 4.89. The van der Waals surface area contributed by atoms with Gasteiger partial charge >= 0.3 is 0 Å². The molecule has 1 aliphatic carbocycles. The van der Waals surface area contributed by atoms with Gasteiger partial charge in [0.05, 0.1) is 11.3 Å². The summed E-state index contributed by atoms with van der Waals surface area (Å²) in [6, 6.07) is 4.72. The van der Waals surface area contributed by atoms with Gasteiger partial charge in [0.1, 0.15) is 5.88 Å². The lowest BCUT2D eigenvalue weighted by molar-refractivity contribution is -0.113. The van der Waals surface area contributed by atoms with Gasteiger partial charge in [-0.05, 0) is 18.2 Å². The van der Waals surface area contributed by atoms with Gasteiger partial charge in [-0.1, -0.05) is 12.1 Å². The minimum Gasteiger partial charge on any atom is -0.324 e. The Labute approximate surface area is 102 Å². The Morgan fingerprint density at radius 2 is 1.88 bits per heavy atom. The highest BCUT2D eigenvalue weighted by Crippen LogP contribution is 2.24. The van der Waals surface area contributed by atoms with Crippen LogP contribution in [0.3, 0.4) is 0 Å². The molecule has 2 rings (SSSR count). The second-order valence-electron chi connectivity index (χ2n) is 3.47. The van der Waals surface area contributed by atoms with Gasteiger partial charge < -0.3 is 5.32 Å². The number of nitrogens with one attached hydrogen (secondary N) is 1. The summed E-state index contributed by atoms with van der Waals surface area (Å²) in [6.07, 6.45) is 2.42. The zero-order valence-corrected chi connectivity index (χ0v) is 9.45. The van der Waals surface area contributed by atoms with Crippen LogP contribution in [0.2, 0.25) is 0 Å². The van der Waals surface area contributed by atoms with E-state index in [1.165, 1.54) is 12.2 Å². The number of amides is 1. The van der Waals surface area contributed by atoms with E-state index in [1.807, 2.05) is 0 Å². The number of carbonyl (C=O) groups is 3. The first kappa shape index (κ1) is 11.5. The van der Waals surface area contributed by atoms with Crippen LogP contribution in [0, 0.1) is 0 Å². The number of benzene rings is 1. The maximum Gasteiger partial charge on any atom is 0.239 e. The first-order chi connectivity index (χ1) is 8.13. The normalized spacial score (nSPS) is 13.5. The molecule has 0 aromatic heterocycles. The van der Waals surface area contributed by atoms with Crippen LogP contribution < -0.4 is 5.32 Å². The standard InChI is InChI=1S/C12H8ClNO3/c13-6-11(17)14-8-3-1-2-7-9(15)4-5-10(16)12(7)8/h1-5H,6H2,(H,14,17). The second-order valence-corrected chi connectivity index (χ2v) is 3.74. The van der Waals surface area contributed by atoms with Gasteiger partial charge in [0.15, 0.2) is 11.6 Å². The van der Waals surface area contributed by atoms with E-state index >= 15 is 0 Å². The SMILES string of the molecule is O=C(CCl)Nc1cccc2c1C(=O)C=CC2=O. The Kier molecular flexibility index (Phi) is 3.06. The van der Waals surface area contributed by atoms with Gasteiger partial charge in [0.2, 0.25) is 5.91 Å². The minimum absolute atomic E-state index is 0.207. The van der Waals surface area contributed by atoms with E-state index in [0.717, 1.165) is 0 Å². The van der Waals surface area contributed by atoms with E-state index in [0.29, 0.717) is 11.3 Å². The molecule has 0 radical (unpaired) electrons. The fourth-order valence-electron chi connectivity index (χ4n) is 1.64. The van der Waals surface area contributed by atoms with Gasteiger partial charge in [0, 0.05) is 5.56 Å². The molecule has 1 aliphatic rings. The summed E-state index contributed by atoms with van der Waals surface area (Å²) in [5.74, 6) is -1.18. The van der Waals surface area contributed by atoms with Crippen LogP contribution in [-0.2, 0) is 4.79 Å². The number of anilines is 1. The molecule has 17 heavy (non-hydrogen) atoms. The molecule has 0 unspecified atom stereocenters. The van der Waals surface area contributed by atoms with Crippen molar-refractivity contribution in [3.8, 4) is 0 Å². The number of ketones is 2. The number of carbonyl (C=O) groups excluding carboxylic acids is 3. The van der Waals surface area contributed by atoms with Crippen molar-refractivity contribution in [1.82, 2.24) is 0 Å². The van der Waals surface area contributed by atoms with Crippen LogP contribution in [0.5, 0.6) is 0 Å². The van der Waals surface area contributed by atoms with Gasteiger partial charge in [-0.15, -0.1) is 11.6 Å². The molecule has 1 amide bonds. The van der Waals surface area contributed by atoms with Crippen molar-refractivity contribution < 1.29 is 14.4 Å². The van der Waals surface area contributed by atoms with Crippen LogP contribution >= 0.6 is 11.6 Å². The van der Waals surface area contributed by atoms with Crippen molar-refractivity contribution in [2.45, 2.75) is 0 Å². The Morgan fingerprint density at radius 3 is 2.59 bits per heavy atom. The third-order valence-corrected chi connectivity index (χ3v) is 2.60. The molecular formula is C12H8ClNO3. The molecule has 1 N–H and O–H groups in total. The van der Waals surface area contributed by atoms with Crippen LogP contribution in [0.4, 0.5) is 5.69 Å². The summed E-state index contributed by atoms with van der Waals surface area (Å²) in [7, 11) is 0. The first-order valence-corrected chi connectivity index (χ1v) is 5.42. The molecule has 0 spiro atoms. The van der Waals surface area contributed by atoms with Crippen LogP contribution in [-0.4, -0.2) is 23.4 Å². The molecule has 0 fully saturated rings. The summed E-state index contributed by atoms with van der Waals surface area (Å²) in [5.41, 5.74) is 0.833. The summed E-state index contributed by atoms with van der Waals surface area (Å²) in [4.78, 5) is 34.5. The van der Waals surface area contributed by atoms with Crippen LogP contribution in [0.25, 0.3) is 0 Å². The van der Waals surface area contributed by atoms with E-state index in [-0.39, 0.29) is 23.0 Å². The number of allylic oxidation sites excluding steroid dienone is 2. The number of hydrogen-bond acceptors (Lipinski definition) is 3. The fourth-order valence-corrected chi connectivity index (χ4v) is 1.70. The molecule has 1 aromatic carbocycles. The molecule has 0 saturated carbocycles. The van der Waals surface area contributed by atoms with Crippen molar-refractivity contribution >= 4 is 34.8 Å². The predicted molar refractivity (Wildman–Crippen MR) is 63.6 cm³/mol. The maximum absolute atomic E-state index is 11.7. The van der Waals surface area contributed by atoms with Crippen LogP contribution in [0.1, 0.15) is 20.7 Å². The smallest absolute Gasteiger partial charge is 0.239 e. The van der Waals surface area contributed by atoms with Crippen molar-refractivity contribution in [3.05, 3.63) is 41.5 Å². The van der Waals surface area contributed by atoms with Gasteiger partial charge in [-0.2, -0.15) is 0 Å². The lowest BCUT2D eigenvalue weighted by atomic mass is 9.93. The van der Waals surface area contributed by atoms with Gasteiger partial charge in [0.25, 0.3) is 0 Å². The fraction of sp³-hybridized carbons (Fsp3) is 0.0833. The zero-order chi connectivity index (χ0) is 12.4. The number of halogens is 1. The van der Waals surface area contributed by atoms with E-state index < -0.39 is 5.91 Å². The second kappa shape index (κ2) is 4.51. The predicted octanol–water partition coefficient (Wildman–Crippen LogP) is 1.80. The summed E-state index contributed by atoms with van der Waals surface area (Å²) >= 11 is 5.37. The van der Waals surface area contributed by atoms with E-state index in [9.17, 15) is 14.4 Å². The third kappa shape index (κ3) is 2.12. The monoisotopic (exact) mass is 249 g/mol. The average molecular weight is 250 g/mol. The Morgan fingerprint density at radius 1 is 1.18 bits per heavy atom. The van der Waals surface area contributed by atoms with E-state index in [4.69, 9.17) is 11.6 Å². The summed E-state index contributed by atoms with van der Waals surface area (Å²) in [5, 5.41) is 2.49. The molecule has 86 valence electrons. The highest BCUT2D eigenvalue weighted by molar-refractivity contribution is 6.30. The summed E-state index contributed by atoms with van der Waals surface area (Å²) < 4.78 is 0. The number of fused-ring (bicyclic) bond motifs is 1. The average Bonchev–Trinajstić information content (AvgIpc) is 2.34. The molecule has 0 heterocycles. The number of alkyl halides is 1. The van der Waals surface area contributed by atoms with Gasteiger partial charge in [-0.3, -0.25) is 14.4 Å².